The highest BCUT2D eigenvalue weighted by Gasteiger charge is 2.12. The van der Waals surface area contributed by atoms with Crippen LogP contribution in [0.15, 0.2) is 0 Å². The first-order valence-electron chi connectivity index (χ1n) is 18.2. The summed E-state index contributed by atoms with van der Waals surface area (Å²) in [5.41, 5.74) is 0. The van der Waals surface area contributed by atoms with Crippen molar-refractivity contribution in [3.8, 4) is 0 Å². The number of unbranched alkanes of at least 4 members (excludes halogenated alkanes) is 2. The third kappa shape index (κ3) is 36.7. The largest absolute Gasteiger partial charge is 0.379 e. The topological polar surface area (TPSA) is 132 Å². The Balaban J connectivity index is 1.59. The Labute approximate surface area is 290 Å². The maximum atomic E-state index is 5.79. The maximum Gasteiger partial charge on any atom is 0.0704 e. The van der Waals surface area contributed by atoms with Gasteiger partial charge >= 0.3 is 0 Å². The summed E-state index contributed by atoms with van der Waals surface area (Å²) >= 11 is 0. The van der Waals surface area contributed by atoms with Crippen molar-refractivity contribution >= 4 is 0 Å². The van der Waals surface area contributed by atoms with E-state index in [9.17, 15) is 0 Å². The summed E-state index contributed by atoms with van der Waals surface area (Å²) in [7, 11) is 0. The SMILES string of the molecule is CCCCCOCCOCCOCCOCCOCCOCCOCCOCCOCCOCCOCCOCCOC1CCNCC1. The second kappa shape index (κ2) is 40.9. The van der Waals surface area contributed by atoms with Crippen molar-refractivity contribution < 1.29 is 61.6 Å². The van der Waals surface area contributed by atoms with Crippen molar-refractivity contribution in [2.24, 2.45) is 0 Å². The average Bonchev–Trinajstić information content (AvgIpc) is 3.11. The van der Waals surface area contributed by atoms with E-state index in [0.717, 1.165) is 39.0 Å². The van der Waals surface area contributed by atoms with Gasteiger partial charge in [-0.05, 0) is 32.4 Å². The molecule has 0 atom stereocenters. The molecule has 1 aliphatic rings. The van der Waals surface area contributed by atoms with Crippen LogP contribution in [-0.2, 0) is 61.6 Å². The zero-order chi connectivity index (χ0) is 34.1. The van der Waals surface area contributed by atoms with Gasteiger partial charge in [0.15, 0.2) is 0 Å². The van der Waals surface area contributed by atoms with Gasteiger partial charge in [-0.3, -0.25) is 0 Å². The number of rotatable bonds is 41. The summed E-state index contributed by atoms with van der Waals surface area (Å²) in [4.78, 5) is 0. The monoisotopic (exact) mass is 699 g/mol. The molecule has 0 saturated carbocycles. The van der Waals surface area contributed by atoms with Gasteiger partial charge < -0.3 is 66.9 Å². The van der Waals surface area contributed by atoms with Gasteiger partial charge in [-0.15, -0.1) is 0 Å². The summed E-state index contributed by atoms with van der Waals surface area (Å²) < 4.78 is 71.7. The zero-order valence-electron chi connectivity index (χ0n) is 30.0. The normalized spacial score (nSPS) is 13.9. The van der Waals surface area contributed by atoms with Crippen molar-refractivity contribution in [3.05, 3.63) is 0 Å². The molecule has 0 aromatic rings. The molecule has 0 unspecified atom stereocenters. The first kappa shape index (κ1) is 45.5. The standard InChI is InChI=1S/C34H69NO13/c1-2-3-4-9-36-10-11-37-12-13-38-14-15-39-16-17-40-18-19-41-20-21-42-22-23-43-24-25-44-26-27-45-28-29-46-30-31-47-32-33-48-34-5-7-35-8-6-34/h34-35H,2-33H2,1H3. The van der Waals surface area contributed by atoms with Gasteiger partial charge in [0.25, 0.3) is 0 Å². The Morgan fingerprint density at radius 3 is 0.854 bits per heavy atom. The molecule has 0 aliphatic carbocycles. The quantitative estimate of drug-likeness (QED) is 0.0935. The molecule has 0 amide bonds. The fourth-order valence-electron chi connectivity index (χ4n) is 4.21. The minimum Gasteiger partial charge on any atom is -0.379 e. The summed E-state index contributed by atoms with van der Waals surface area (Å²) in [5.74, 6) is 0. The van der Waals surface area contributed by atoms with E-state index in [1.54, 1.807) is 0 Å². The van der Waals surface area contributed by atoms with Crippen LogP contribution in [0.4, 0.5) is 0 Å². The van der Waals surface area contributed by atoms with E-state index < -0.39 is 0 Å². The minimum absolute atomic E-state index is 0.372. The van der Waals surface area contributed by atoms with Gasteiger partial charge in [0.05, 0.1) is 165 Å². The van der Waals surface area contributed by atoms with E-state index >= 15 is 0 Å². The number of nitrogens with one attached hydrogen (secondary N) is 1. The number of hydrogen-bond donors (Lipinski definition) is 1. The Bertz CT molecular complexity index is 591. The highest BCUT2D eigenvalue weighted by atomic mass is 16.6. The molecule has 1 fully saturated rings. The summed E-state index contributed by atoms with van der Waals surface area (Å²) in [6.45, 7) is 18.2. The molecule has 1 saturated heterocycles. The molecule has 0 spiro atoms. The van der Waals surface area contributed by atoms with Crippen LogP contribution in [0.2, 0.25) is 0 Å². The van der Waals surface area contributed by atoms with Crippen LogP contribution in [0, 0.1) is 0 Å². The molecule has 14 nitrogen and oxygen atoms in total. The smallest absolute Gasteiger partial charge is 0.0704 e. The zero-order valence-corrected chi connectivity index (χ0v) is 30.0. The van der Waals surface area contributed by atoms with Gasteiger partial charge in [-0.1, -0.05) is 19.8 Å². The lowest BCUT2D eigenvalue weighted by Gasteiger charge is -2.22. The molecule has 0 radical (unpaired) electrons. The van der Waals surface area contributed by atoms with Crippen LogP contribution in [0.5, 0.6) is 0 Å². The highest BCUT2D eigenvalue weighted by Crippen LogP contribution is 2.06. The fourth-order valence-corrected chi connectivity index (χ4v) is 4.21. The molecular weight excluding hydrogens is 630 g/mol. The fraction of sp³-hybridized carbons (Fsp3) is 1.00. The Hall–Kier alpha value is -0.560. The van der Waals surface area contributed by atoms with E-state index in [2.05, 4.69) is 12.2 Å². The summed E-state index contributed by atoms with van der Waals surface area (Å²) in [5, 5.41) is 3.33. The lowest BCUT2D eigenvalue weighted by atomic mass is 10.1. The van der Waals surface area contributed by atoms with Crippen molar-refractivity contribution in [1.29, 1.82) is 0 Å². The van der Waals surface area contributed by atoms with E-state index in [4.69, 9.17) is 61.6 Å². The Kier molecular flexibility index (Phi) is 38.7. The Morgan fingerprint density at radius 2 is 0.583 bits per heavy atom. The molecule has 0 aromatic carbocycles. The van der Waals surface area contributed by atoms with Crippen molar-refractivity contribution in [3.63, 3.8) is 0 Å². The van der Waals surface area contributed by atoms with Crippen LogP contribution in [-0.4, -0.2) is 184 Å². The second-order valence-electron chi connectivity index (χ2n) is 10.9. The molecule has 1 aliphatic heterocycles. The third-order valence-corrected chi connectivity index (χ3v) is 6.85. The molecule has 0 bridgehead atoms. The molecule has 288 valence electrons. The Morgan fingerprint density at radius 1 is 0.333 bits per heavy atom. The lowest BCUT2D eigenvalue weighted by molar-refractivity contribution is -0.0327. The molecular formula is C34H69NO13. The van der Waals surface area contributed by atoms with Crippen LogP contribution < -0.4 is 5.32 Å². The van der Waals surface area contributed by atoms with Crippen molar-refractivity contribution in [2.45, 2.75) is 45.1 Å². The van der Waals surface area contributed by atoms with Gasteiger partial charge in [0.1, 0.15) is 0 Å². The van der Waals surface area contributed by atoms with Gasteiger partial charge in [0.2, 0.25) is 0 Å². The van der Waals surface area contributed by atoms with E-state index in [-0.39, 0.29) is 0 Å². The van der Waals surface area contributed by atoms with Crippen LogP contribution in [0.25, 0.3) is 0 Å². The van der Waals surface area contributed by atoms with Gasteiger partial charge in [-0.25, -0.2) is 0 Å². The van der Waals surface area contributed by atoms with E-state index in [1.807, 2.05) is 0 Å². The molecule has 14 heteroatoms. The number of ether oxygens (including phenoxy) is 13. The second-order valence-corrected chi connectivity index (χ2v) is 10.9. The molecule has 1 N–H and O–H groups in total. The molecule has 48 heavy (non-hydrogen) atoms. The van der Waals surface area contributed by atoms with E-state index in [1.165, 1.54) is 12.8 Å². The average molecular weight is 700 g/mol. The van der Waals surface area contributed by atoms with Crippen LogP contribution >= 0.6 is 0 Å². The highest BCUT2D eigenvalue weighted by molar-refractivity contribution is 4.67. The molecule has 1 heterocycles. The molecule has 0 aromatic heterocycles. The van der Waals surface area contributed by atoms with Crippen LogP contribution in [0.1, 0.15) is 39.0 Å². The van der Waals surface area contributed by atoms with Gasteiger partial charge in [0, 0.05) is 6.61 Å². The van der Waals surface area contributed by atoms with Crippen LogP contribution in [0.3, 0.4) is 0 Å². The van der Waals surface area contributed by atoms with Crippen molar-refractivity contribution in [2.75, 3.05) is 178 Å². The number of hydrogen-bond acceptors (Lipinski definition) is 14. The predicted molar refractivity (Wildman–Crippen MR) is 181 cm³/mol. The van der Waals surface area contributed by atoms with Gasteiger partial charge in [-0.2, -0.15) is 0 Å². The van der Waals surface area contributed by atoms with E-state index in [0.29, 0.717) is 165 Å². The first-order chi connectivity index (χ1) is 23.9. The number of piperidine rings is 1. The maximum absolute atomic E-state index is 5.79. The summed E-state index contributed by atoms with van der Waals surface area (Å²) in [6.07, 6.45) is 6.08. The summed E-state index contributed by atoms with van der Waals surface area (Å²) in [6, 6.07) is 0. The lowest BCUT2D eigenvalue weighted by Crippen LogP contribution is -2.33. The molecule has 1 rings (SSSR count). The van der Waals surface area contributed by atoms with Crippen molar-refractivity contribution in [1.82, 2.24) is 5.32 Å². The first-order valence-corrected chi connectivity index (χ1v) is 18.2. The predicted octanol–water partition coefficient (Wildman–Crippen LogP) is 2.14. The minimum atomic E-state index is 0.372. The third-order valence-electron chi connectivity index (χ3n) is 6.85.